The monoisotopic (exact) mass is 264 g/mol. The summed E-state index contributed by atoms with van der Waals surface area (Å²) in [4.78, 5) is 27.7. The molecule has 0 aliphatic rings. The van der Waals surface area contributed by atoms with Crippen LogP contribution in [0.4, 0.5) is 0 Å². The smallest absolute Gasteiger partial charge is 0.313 e. The van der Waals surface area contributed by atoms with Crippen LogP contribution in [0, 0.1) is 0 Å². The highest BCUT2D eigenvalue weighted by Gasteiger charge is 2.05. The summed E-state index contributed by atoms with van der Waals surface area (Å²) in [5.41, 5.74) is 0.838. The Morgan fingerprint density at radius 2 is 2.00 bits per heavy atom. The Balaban J connectivity index is 2.70. The molecule has 0 aromatic heterocycles. The van der Waals surface area contributed by atoms with Crippen molar-refractivity contribution in [2.75, 3.05) is 5.75 Å². The van der Waals surface area contributed by atoms with Gasteiger partial charge in [0.05, 0.1) is 0 Å². The predicted molar refractivity (Wildman–Crippen MR) is 63.9 cm³/mol. The average Bonchev–Trinajstić information content (AvgIpc) is 2.17. The highest BCUT2D eigenvalue weighted by atomic mass is 35.5. The van der Waals surface area contributed by atoms with Crippen LogP contribution >= 0.6 is 18.3 Å². The second-order valence-corrected chi connectivity index (χ2v) is 6.89. The van der Waals surface area contributed by atoms with Gasteiger partial charge in [0.15, 0.2) is 16.7 Å². The lowest BCUT2D eigenvalue weighted by atomic mass is 10.2. The lowest BCUT2D eigenvalue weighted by Gasteiger charge is -2.01. The summed E-state index contributed by atoms with van der Waals surface area (Å²) in [6.45, 7) is -4.00. The molecule has 0 aliphatic carbocycles. The number of rotatable bonds is 3. The van der Waals surface area contributed by atoms with E-state index in [1.807, 2.05) is 30.3 Å². The molecule has 2 N–H and O–H groups in total. The van der Waals surface area contributed by atoms with E-state index in [4.69, 9.17) is 21.4 Å². The Kier molecular flexibility index (Phi) is 4.93. The van der Waals surface area contributed by atoms with E-state index in [1.165, 1.54) is 0 Å². The molecular formula is C9H10ClO3PS. The highest BCUT2D eigenvalue weighted by Crippen LogP contribution is 2.25. The summed E-state index contributed by atoms with van der Waals surface area (Å²) in [6, 6.07) is 9.24. The zero-order chi connectivity index (χ0) is 11.3. The van der Waals surface area contributed by atoms with Gasteiger partial charge in [-0.05, 0) is 11.6 Å². The Morgan fingerprint density at radius 1 is 1.40 bits per heavy atom. The zero-order valence-electron chi connectivity index (χ0n) is 7.71. The average molecular weight is 265 g/mol. The first-order chi connectivity index (χ1) is 6.99. The third-order valence-electron chi connectivity index (χ3n) is 1.55. The predicted octanol–water partition coefficient (Wildman–Crippen LogP) is 1.37. The van der Waals surface area contributed by atoms with Crippen LogP contribution in [0.25, 0.3) is 5.03 Å². The molecule has 0 saturated heterocycles. The fraction of sp³-hybridized carbons (Fsp3) is 0.111. The minimum absolute atomic E-state index is 0.192. The second-order valence-electron chi connectivity index (χ2n) is 2.70. The number of benzene rings is 1. The topological polar surface area (TPSA) is 63.5 Å². The number of halogens is 1. The van der Waals surface area contributed by atoms with Crippen molar-refractivity contribution in [2.24, 2.45) is 0 Å². The van der Waals surface area contributed by atoms with Crippen LogP contribution < -0.4 is 4.89 Å². The summed E-state index contributed by atoms with van der Waals surface area (Å²) in [5, 5.41) is 0.497. The SMILES string of the molecule is [O-]P(O)(O)=[S+]CC=C(Cl)c1ccccc1. The molecule has 15 heavy (non-hydrogen) atoms. The quantitative estimate of drug-likeness (QED) is 0.640. The normalized spacial score (nSPS) is 12.7. The van der Waals surface area contributed by atoms with Gasteiger partial charge >= 0.3 is 6.72 Å². The van der Waals surface area contributed by atoms with E-state index in [0.29, 0.717) is 16.0 Å². The van der Waals surface area contributed by atoms with Gasteiger partial charge in [0.25, 0.3) is 0 Å². The zero-order valence-corrected chi connectivity index (χ0v) is 10.2. The molecule has 82 valence electrons. The van der Waals surface area contributed by atoms with E-state index < -0.39 is 6.72 Å². The molecule has 0 unspecified atom stereocenters. The van der Waals surface area contributed by atoms with Crippen molar-refractivity contribution in [2.45, 2.75) is 0 Å². The minimum Gasteiger partial charge on any atom is -0.742 e. The van der Waals surface area contributed by atoms with E-state index >= 15 is 0 Å². The van der Waals surface area contributed by atoms with Crippen LogP contribution in [-0.2, 0) is 10.9 Å². The molecule has 0 heterocycles. The first kappa shape index (κ1) is 12.8. The molecule has 0 fully saturated rings. The van der Waals surface area contributed by atoms with E-state index in [1.54, 1.807) is 6.08 Å². The maximum atomic E-state index is 10.5. The molecule has 0 bridgehead atoms. The standard InChI is InChI=1S/C9H10ClO3PS/c10-9(6-7-15-14(11,12)13)8-4-2-1-3-5-8/h1-6H,7H2,(H2-,11,12,13). The first-order valence-electron chi connectivity index (χ1n) is 4.10. The van der Waals surface area contributed by atoms with Crippen molar-refractivity contribution in [1.82, 2.24) is 0 Å². The van der Waals surface area contributed by atoms with Gasteiger partial charge in [-0.2, -0.15) is 0 Å². The van der Waals surface area contributed by atoms with Crippen molar-refractivity contribution >= 4 is 34.3 Å². The van der Waals surface area contributed by atoms with Crippen molar-refractivity contribution in [1.29, 1.82) is 0 Å². The third kappa shape index (κ3) is 5.42. The molecule has 0 radical (unpaired) electrons. The molecule has 1 aromatic rings. The number of hydrogen-bond acceptors (Lipinski definition) is 1. The largest absolute Gasteiger partial charge is 0.742 e. The van der Waals surface area contributed by atoms with Crippen molar-refractivity contribution in [3.8, 4) is 0 Å². The van der Waals surface area contributed by atoms with Gasteiger partial charge in [0.2, 0.25) is 0 Å². The molecule has 0 aliphatic heterocycles. The fourth-order valence-electron chi connectivity index (χ4n) is 0.923. The van der Waals surface area contributed by atoms with Gasteiger partial charge in [-0.15, -0.1) is 0 Å². The molecule has 1 aromatic carbocycles. The van der Waals surface area contributed by atoms with Crippen LogP contribution in [0.15, 0.2) is 36.4 Å². The van der Waals surface area contributed by atoms with Crippen molar-refractivity contribution < 1.29 is 14.7 Å². The van der Waals surface area contributed by atoms with E-state index in [2.05, 4.69) is 0 Å². The Labute approximate surface area is 96.9 Å². The van der Waals surface area contributed by atoms with Crippen LogP contribution in [0.1, 0.15) is 5.56 Å². The van der Waals surface area contributed by atoms with Gasteiger partial charge < -0.3 is 14.7 Å². The molecule has 0 atom stereocenters. The maximum Gasteiger partial charge on any atom is 0.313 e. The molecule has 0 amide bonds. The fourth-order valence-corrected chi connectivity index (χ4v) is 2.46. The first-order valence-corrected chi connectivity index (χ1v) is 7.68. The molecule has 6 heteroatoms. The molecular weight excluding hydrogens is 255 g/mol. The van der Waals surface area contributed by atoms with Gasteiger partial charge in [0, 0.05) is 5.03 Å². The summed E-state index contributed by atoms with van der Waals surface area (Å²) >= 11 is 5.93. The molecule has 1 rings (SSSR count). The summed E-state index contributed by atoms with van der Waals surface area (Å²) < 4.78 is 0. The maximum absolute atomic E-state index is 10.5. The van der Waals surface area contributed by atoms with Gasteiger partial charge in [-0.3, -0.25) is 0 Å². The minimum atomic E-state index is -4.00. The lowest BCUT2D eigenvalue weighted by molar-refractivity contribution is -0.196. The number of hydrogen-bond donors (Lipinski definition) is 2. The lowest BCUT2D eigenvalue weighted by Crippen LogP contribution is -1.99. The molecule has 0 saturated carbocycles. The summed E-state index contributed by atoms with van der Waals surface area (Å²) in [5.74, 6) is 0.192. The molecule has 3 nitrogen and oxygen atoms in total. The second kappa shape index (κ2) is 5.75. The highest BCUT2D eigenvalue weighted by molar-refractivity contribution is 8.16. The summed E-state index contributed by atoms with van der Waals surface area (Å²) in [6.07, 6.45) is 1.58. The van der Waals surface area contributed by atoms with Crippen LogP contribution in [0.5, 0.6) is 0 Å². The third-order valence-corrected chi connectivity index (χ3v) is 4.04. The Morgan fingerprint density at radius 3 is 2.53 bits per heavy atom. The summed E-state index contributed by atoms with van der Waals surface area (Å²) in [7, 11) is 0.562. The molecule has 0 spiro atoms. The van der Waals surface area contributed by atoms with Crippen LogP contribution in [-0.4, -0.2) is 15.5 Å². The van der Waals surface area contributed by atoms with Crippen LogP contribution in [0.3, 0.4) is 0 Å². The Bertz CT molecular complexity index is 391. The van der Waals surface area contributed by atoms with Crippen LogP contribution in [0.2, 0.25) is 0 Å². The van der Waals surface area contributed by atoms with Gasteiger partial charge in [-0.25, -0.2) is 0 Å². The van der Waals surface area contributed by atoms with Crippen molar-refractivity contribution in [3.05, 3.63) is 42.0 Å². The Hall–Kier alpha value is -0.220. The van der Waals surface area contributed by atoms with Gasteiger partial charge in [0.1, 0.15) is 0 Å². The van der Waals surface area contributed by atoms with E-state index in [9.17, 15) is 4.89 Å². The van der Waals surface area contributed by atoms with Gasteiger partial charge in [-0.1, -0.05) is 41.9 Å². The van der Waals surface area contributed by atoms with Crippen molar-refractivity contribution in [3.63, 3.8) is 0 Å². The van der Waals surface area contributed by atoms with E-state index in [0.717, 1.165) is 5.56 Å². The van der Waals surface area contributed by atoms with E-state index in [-0.39, 0.29) is 5.75 Å².